The molecule has 3 rings (SSSR count). The molecule has 2 aromatic heterocycles. The van der Waals surface area contributed by atoms with Gasteiger partial charge >= 0.3 is 0 Å². The zero-order chi connectivity index (χ0) is 16.2. The minimum atomic E-state index is 0.388. The maximum atomic E-state index is 6.26. The van der Waals surface area contributed by atoms with Gasteiger partial charge in [-0.15, -0.1) is 11.3 Å². The highest BCUT2D eigenvalue weighted by Gasteiger charge is 2.10. The molecule has 6 heteroatoms. The maximum absolute atomic E-state index is 6.26. The Morgan fingerprint density at radius 3 is 2.91 bits per heavy atom. The molecule has 0 saturated heterocycles. The second-order valence-corrected chi connectivity index (χ2v) is 6.01. The molecule has 0 bridgehead atoms. The summed E-state index contributed by atoms with van der Waals surface area (Å²) in [4.78, 5) is 9.95. The lowest BCUT2D eigenvalue weighted by Crippen LogP contribution is -2.04. The van der Waals surface area contributed by atoms with Gasteiger partial charge in [0.05, 0.1) is 29.9 Å². The molecule has 0 aliphatic rings. The Bertz CT molecular complexity index is 843. The van der Waals surface area contributed by atoms with Crippen LogP contribution in [0.4, 0.5) is 11.5 Å². The highest BCUT2D eigenvalue weighted by molar-refractivity contribution is 7.13. The number of aliphatic imine (C=N–C) groups is 1. The molecule has 1 aromatic carbocycles. The fourth-order valence-electron chi connectivity index (χ4n) is 2.36. The fraction of sp³-hybridized carbons (Fsp3) is 0.176. The largest absolute Gasteiger partial charge is 0.398 e. The lowest BCUT2D eigenvalue weighted by Gasteiger charge is -2.09. The van der Waals surface area contributed by atoms with Gasteiger partial charge in [0, 0.05) is 23.6 Å². The van der Waals surface area contributed by atoms with Crippen LogP contribution in [-0.4, -0.2) is 31.5 Å². The normalized spacial score (nSPS) is 11.5. The molecule has 0 atom stereocenters. The molecule has 0 unspecified atom stereocenters. The van der Waals surface area contributed by atoms with E-state index in [0.29, 0.717) is 30.2 Å². The van der Waals surface area contributed by atoms with Crippen molar-refractivity contribution in [1.82, 2.24) is 4.98 Å². The van der Waals surface area contributed by atoms with E-state index in [0.717, 1.165) is 16.5 Å². The van der Waals surface area contributed by atoms with E-state index in [4.69, 9.17) is 16.2 Å². The summed E-state index contributed by atoms with van der Waals surface area (Å²) in [5, 5.41) is 2.93. The van der Waals surface area contributed by atoms with Gasteiger partial charge in [-0.2, -0.15) is 0 Å². The predicted molar refractivity (Wildman–Crippen MR) is 98.2 cm³/mol. The standard InChI is InChI=1S/C17H18N4OS/c1-22-7-6-20-10-13-16(18)12-5-4-11(15-3-2-8-23-15)9-14(12)21-17(13)19/h2-5,8-10H,6-7H2,1H3,(H4,18,19,21). The average molecular weight is 326 g/mol. The molecule has 0 radical (unpaired) electrons. The van der Waals surface area contributed by atoms with E-state index in [2.05, 4.69) is 21.4 Å². The molecule has 118 valence electrons. The zero-order valence-electron chi connectivity index (χ0n) is 12.8. The summed E-state index contributed by atoms with van der Waals surface area (Å²) in [5.74, 6) is 0.388. The van der Waals surface area contributed by atoms with Crippen LogP contribution < -0.4 is 11.5 Å². The Morgan fingerprint density at radius 2 is 2.17 bits per heavy atom. The first kappa shape index (κ1) is 15.5. The van der Waals surface area contributed by atoms with Crippen molar-refractivity contribution in [2.24, 2.45) is 4.99 Å². The number of benzene rings is 1. The number of pyridine rings is 1. The SMILES string of the molecule is COCCN=Cc1c(N)nc2cc(-c3cccs3)ccc2c1N. The van der Waals surface area contributed by atoms with Crippen molar-refractivity contribution in [2.45, 2.75) is 0 Å². The molecule has 0 saturated carbocycles. The molecule has 4 N–H and O–H groups in total. The predicted octanol–water partition coefficient (Wildman–Crippen LogP) is 3.19. The number of methoxy groups -OCH3 is 1. The van der Waals surface area contributed by atoms with Crippen molar-refractivity contribution < 1.29 is 4.74 Å². The van der Waals surface area contributed by atoms with Crippen LogP contribution in [0.5, 0.6) is 0 Å². The molecule has 2 heterocycles. The van der Waals surface area contributed by atoms with Gasteiger partial charge in [-0.25, -0.2) is 4.98 Å². The highest BCUT2D eigenvalue weighted by Crippen LogP contribution is 2.31. The first-order valence-electron chi connectivity index (χ1n) is 7.22. The van der Waals surface area contributed by atoms with Crippen molar-refractivity contribution in [3.63, 3.8) is 0 Å². The van der Waals surface area contributed by atoms with E-state index in [1.54, 1.807) is 24.7 Å². The second kappa shape index (κ2) is 6.76. The number of fused-ring (bicyclic) bond motifs is 1. The molecule has 23 heavy (non-hydrogen) atoms. The van der Waals surface area contributed by atoms with Crippen molar-refractivity contribution in [3.8, 4) is 10.4 Å². The summed E-state index contributed by atoms with van der Waals surface area (Å²) in [6.07, 6.45) is 1.67. The minimum absolute atomic E-state index is 0.388. The van der Waals surface area contributed by atoms with Crippen LogP contribution in [0.3, 0.4) is 0 Å². The number of anilines is 2. The average Bonchev–Trinajstić information content (AvgIpc) is 3.08. The van der Waals surface area contributed by atoms with E-state index in [9.17, 15) is 0 Å². The van der Waals surface area contributed by atoms with Crippen LogP contribution >= 0.6 is 11.3 Å². The van der Waals surface area contributed by atoms with Gasteiger partial charge in [-0.05, 0) is 23.1 Å². The Balaban J connectivity index is 2.02. The Morgan fingerprint density at radius 1 is 1.30 bits per heavy atom. The maximum Gasteiger partial charge on any atom is 0.135 e. The summed E-state index contributed by atoms with van der Waals surface area (Å²) in [6.45, 7) is 1.12. The number of aromatic nitrogens is 1. The highest BCUT2D eigenvalue weighted by atomic mass is 32.1. The van der Waals surface area contributed by atoms with Gasteiger partial charge in [0.25, 0.3) is 0 Å². The van der Waals surface area contributed by atoms with E-state index < -0.39 is 0 Å². The first-order chi connectivity index (χ1) is 11.2. The smallest absolute Gasteiger partial charge is 0.135 e. The number of hydrogen-bond acceptors (Lipinski definition) is 6. The lowest BCUT2D eigenvalue weighted by molar-refractivity contribution is 0.208. The Hall–Kier alpha value is -2.44. The van der Waals surface area contributed by atoms with Crippen molar-refractivity contribution in [3.05, 3.63) is 41.3 Å². The van der Waals surface area contributed by atoms with E-state index >= 15 is 0 Å². The molecular weight excluding hydrogens is 308 g/mol. The molecule has 0 aliphatic heterocycles. The number of ether oxygens (including phenoxy) is 1. The van der Waals surface area contributed by atoms with Crippen LogP contribution in [-0.2, 0) is 4.74 Å². The van der Waals surface area contributed by atoms with E-state index in [1.165, 1.54) is 4.88 Å². The monoisotopic (exact) mass is 326 g/mol. The second-order valence-electron chi connectivity index (χ2n) is 5.06. The topological polar surface area (TPSA) is 86.5 Å². The minimum Gasteiger partial charge on any atom is -0.398 e. The quantitative estimate of drug-likeness (QED) is 0.557. The van der Waals surface area contributed by atoms with E-state index in [-0.39, 0.29) is 0 Å². The number of nitrogens with zero attached hydrogens (tertiary/aromatic N) is 2. The van der Waals surface area contributed by atoms with Gasteiger partial charge < -0.3 is 16.2 Å². The van der Waals surface area contributed by atoms with Crippen LogP contribution in [0.15, 0.2) is 40.7 Å². The molecule has 5 nitrogen and oxygen atoms in total. The molecule has 0 fully saturated rings. The number of nitrogen functional groups attached to an aromatic ring is 2. The molecule has 0 amide bonds. The van der Waals surface area contributed by atoms with Gasteiger partial charge in [0.15, 0.2) is 0 Å². The fourth-order valence-corrected chi connectivity index (χ4v) is 3.08. The third-order valence-corrected chi connectivity index (χ3v) is 4.46. The molecule has 3 aromatic rings. The van der Waals surface area contributed by atoms with Crippen molar-refractivity contribution in [1.29, 1.82) is 0 Å². The number of hydrogen-bond donors (Lipinski definition) is 2. The van der Waals surface area contributed by atoms with Gasteiger partial charge in [0.2, 0.25) is 0 Å². The first-order valence-corrected chi connectivity index (χ1v) is 8.10. The van der Waals surface area contributed by atoms with E-state index in [1.807, 2.05) is 24.3 Å². The van der Waals surface area contributed by atoms with Crippen LogP contribution in [0, 0.1) is 0 Å². The summed E-state index contributed by atoms with van der Waals surface area (Å²) in [6, 6.07) is 10.2. The summed E-state index contributed by atoms with van der Waals surface area (Å²) in [5.41, 5.74) is 15.5. The Kier molecular flexibility index (Phi) is 4.55. The van der Waals surface area contributed by atoms with Gasteiger partial charge in [-0.1, -0.05) is 18.2 Å². The van der Waals surface area contributed by atoms with Crippen molar-refractivity contribution >= 4 is 40.0 Å². The number of nitrogens with two attached hydrogens (primary N) is 2. The summed E-state index contributed by atoms with van der Waals surface area (Å²) < 4.78 is 4.97. The molecule has 0 aliphatic carbocycles. The lowest BCUT2D eigenvalue weighted by atomic mass is 10.1. The van der Waals surface area contributed by atoms with Gasteiger partial charge in [0.1, 0.15) is 5.82 Å². The number of rotatable bonds is 5. The number of thiophene rings is 1. The van der Waals surface area contributed by atoms with Crippen LogP contribution in [0.1, 0.15) is 5.56 Å². The third kappa shape index (κ3) is 3.18. The Labute approximate surface area is 138 Å². The summed E-state index contributed by atoms with van der Waals surface area (Å²) >= 11 is 1.69. The zero-order valence-corrected chi connectivity index (χ0v) is 13.6. The van der Waals surface area contributed by atoms with Crippen LogP contribution in [0.25, 0.3) is 21.3 Å². The summed E-state index contributed by atoms with van der Waals surface area (Å²) in [7, 11) is 1.64. The van der Waals surface area contributed by atoms with Gasteiger partial charge in [-0.3, -0.25) is 4.99 Å². The molecular formula is C17H18N4OS. The van der Waals surface area contributed by atoms with Crippen LogP contribution in [0.2, 0.25) is 0 Å². The van der Waals surface area contributed by atoms with Crippen molar-refractivity contribution in [2.75, 3.05) is 31.7 Å². The molecule has 0 spiro atoms. The third-order valence-electron chi connectivity index (χ3n) is 3.55.